The fourth-order valence-corrected chi connectivity index (χ4v) is 5.02. The zero-order chi connectivity index (χ0) is 21.0. The van der Waals surface area contributed by atoms with Crippen LogP contribution in [-0.2, 0) is 11.3 Å². The van der Waals surface area contributed by atoms with Crippen LogP contribution in [0, 0.1) is 5.92 Å². The van der Waals surface area contributed by atoms with Crippen LogP contribution in [0.1, 0.15) is 18.4 Å². The van der Waals surface area contributed by atoms with Crippen LogP contribution >= 0.6 is 11.3 Å². The first-order valence-corrected chi connectivity index (χ1v) is 11.5. The van der Waals surface area contributed by atoms with Crippen LogP contribution in [0.4, 0.5) is 5.69 Å². The van der Waals surface area contributed by atoms with Crippen molar-refractivity contribution in [3.05, 3.63) is 77.9 Å². The molecule has 0 radical (unpaired) electrons. The fraction of sp³-hybridized carbons (Fsp3) is 0.240. The van der Waals surface area contributed by atoms with Crippen molar-refractivity contribution in [3.8, 4) is 11.3 Å². The number of amides is 1. The summed E-state index contributed by atoms with van der Waals surface area (Å²) in [5, 5.41) is 5.19. The lowest BCUT2D eigenvalue weighted by Gasteiger charge is -2.33. The first-order valence-electron chi connectivity index (χ1n) is 10.6. The van der Waals surface area contributed by atoms with Gasteiger partial charge in [0.2, 0.25) is 5.91 Å². The van der Waals surface area contributed by atoms with Crippen LogP contribution in [0.15, 0.2) is 72.4 Å². The Morgan fingerprint density at radius 3 is 2.61 bits per heavy atom. The molecule has 1 fully saturated rings. The molecule has 5 nitrogen and oxygen atoms in total. The molecule has 31 heavy (non-hydrogen) atoms. The highest BCUT2D eigenvalue weighted by Crippen LogP contribution is 2.36. The largest absolute Gasteiger partial charge is 0.370 e. The summed E-state index contributed by atoms with van der Waals surface area (Å²) in [5.41, 5.74) is 5.47. The molecule has 5 rings (SSSR count). The van der Waals surface area contributed by atoms with Gasteiger partial charge in [-0.05, 0) is 48.1 Å². The summed E-state index contributed by atoms with van der Waals surface area (Å²) in [6, 6.07) is 18.5. The lowest BCUT2D eigenvalue weighted by Crippen LogP contribution is -2.40. The second kappa shape index (κ2) is 8.86. The number of carbonyl (C=O) groups is 1. The number of rotatable bonds is 5. The van der Waals surface area contributed by atoms with Gasteiger partial charge in [-0.15, -0.1) is 11.3 Å². The number of hydrogen-bond donors (Lipinski definition) is 1. The van der Waals surface area contributed by atoms with Crippen LogP contribution in [0.25, 0.3) is 21.5 Å². The zero-order valence-corrected chi connectivity index (χ0v) is 18.0. The standard InChI is InChI=1S/C25H24N4OS/c30-25(27-17-18-6-11-26-12-7-18)20-8-13-29(14-9-20)23-16-22(19-4-2-1-3-5-19)28-21-10-15-31-24(21)23/h1-7,10-12,15-16,20H,8-9,13-14,17H2,(H,27,30). The predicted molar refractivity (Wildman–Crippen MR) is 126 cm³/mol. The van der Waals surface area contributed by atoms with Crippen LogP contribution in [-0.4, -0.2) is 29.0 Å². The van der Waals surface area contributed by atoms with Crippen LogP contribution in [0.3, 0.4) is 0 Å². The second-order valence-electron chi connectivity index (χ2n) is 7.86. The number of anilines is 1. The van der Waals surface area contributed by atoms with Gasteiger partial charge < -0.3 is 10.2 Å². The van der Waals surface area contributed by atoms with E-state index in [9.17, 15) is 4.79 Å². The topological polar surface area (TPSA) is 58.1 Å². The normalized spacial score (nSPS) is 14.6. The number of benzene rings is 1. The van der Waals surface area contributed by atoms with Gasteiger partial charge in [0.1, 0.15) is 0 Å². The smallest absolute Gasteiger partial charge is 0.223 e. The summed E-state index contributed by atoms with van der Waals surface area (Å²) in [5.74, 6) is 0.213. The second-order valence-corrected chi connectivity index (χ2v) is 8.78. The van der Waals surface area contributed by atoms with Crippen molar-refractivity contribution >= 4 is 33.1 Å². The lowest BCUT2D eigenvalue weighted by atomic mass is 9.95. The zero-order valence-electron chi connectivity index (χ0n) is 17.2. The van der Waals surface area contributed by atoms with E-state index in [-0.39, 0.29) is 11.8 Å². The number of pyridine rings is 2. The van der Waals surface area contributed by atoms with E-state index >= 15 is 0 Å². The Morgan fingerprint density at radius 2 is 1.84 bits per heavy atom. The summed E-state index contributed by atoms with van der Waals surface area (Å²) >= 11 is 1.74. The maximum absolute atomic E-state index is 12.7. The van der Waals surface area contributed by atoms with E-state index in [0.29, 0.717) is 6.54 Å². The first kappa shape index (κ1) is 19.7. The first-order chi connectivity index (χ1) is 15.3. The Bertz CT molecular complexity index is 1170. The summed E-state index contributed by atoms with van der Waals surface area (Å²) in [4.78, 5) is 24.0. The maximum Gasteiger partial charge on any atom is 0.223 e. The van der Waals surface area contributed by atoms with E-state index in [4.69, 9.17) is 4.98 Å². The van der Waals surface area contributed by atoms with Crippen LogP contribution in [0.2, 0.25) is 0 Å². The SMILES string of the molecule is O=C(NCc1ccncc1)C1CCN(c2cc(-c3ccccc3)nc3ccsc23)CC1. The Labute approximate surface area is 185 Å². The highest BCUT2D eigenvalue weighted by molar-refractivity contribution is 7.17. The summed E-state index contributed by atoms with van der Waals surface area (Å²) in [6.45, 7) is 2.30. The molecule has 4 heterocycles. The molecule has 1 saturated heterocycles. The molecular formula is C25H24N4OS. The molecule has 3 aromatic heterocycles. The molecule has 0 aliphatic carbocycles. The van der Waals surface area contributed by atoms with Gasteiger partial charge in [-0.25, -0.2) is 4.98 Å². The maximum atomic E-state index is 12.7. The average Bonchev–Trinajstić information content (AvgIpc) is 3.32. The molecule has 6 heteroatoms. The molecule has 0 saturated carbocycles. The van der Waals surface area contributed by atoms with Crippen molar-refractivity contribution in [2.75, 3.05) is 18.0 Å². The molecule has 1 aliphatic heterocycles. The average molecular weight is 429 g/mol. The number of piperidine rings is 1. The molecular weight excluding hydrogens is 404 g/mol. The van der Waals surface area contributed by atoms with Gasteiger partial charge in [0, 0.05) is 43.5 Å². The molecule has 0 unspecified atom stereocenters. The van der Waals surface area contributed by atoms with Crippen molar-refractivity contribution in [1.29, 1.82) is 0 Å². The number of fused-ring (bicyclic) bond motifs is 1. The van der Waals surface area contributed by atoms with Crippen molar-refractivity contribution in [2.45, 2.75) is 19.4 Å². The van der Waals surface area contributed by atoms with Gasteiger partial charge in [0.05, 0.1) is 21.6 Å². The van der Waals surface area contributed by atoms with Crippen molar-refractivity contribution in [3.63, 3.8) is 0 Å². The van der Waals surface area contributed by atoms with E-state index < -0.39 is 0 Å². The molecule has 0 atom stereocenters. The Hall–Kier alpha value is -3.25. The van der Waals surface area contributed by atoms with E-state index in [1.165, 1.54) is 10.4 Å². The minimum Gasteiger partial charge on any atom is -0.370 e. The minimum atomic E-state index is 0.0624. The molecule has 1 aliphatic rings. The van der Waals surface area contributed by atoms with Crippen molar-refractivity contribution in [2.24, 2.45) is 5.92 Å². The number of nitrogens with zero attached hydrogens (tertiary/aromatic N) is 3. The highest BCUT2D eigenvalue weighted by atomic mass is 32.1. The van der Waals surface area contributed by atoms with Crippen molar-refractivity contribution < 1.29 is 4.79 Å². The molecule has 1 aromatic carbocycles. The third kappa shape index (κ3) is 4.30. The van der Waals surface area contributed by atoms with Gasteiger partial charge in [-0.3, -0.25) is 9.78 Å². The summed E-state index contributed by atoms with van der Waals surface area (Å²) in [7, 11) is 0. The highest BCUT2D eigenvalue weighted by Gasteiger charge is 2.26. The van der Waals surface area contributed by atoms with E-state index in [1.54, 1.807) is 23.7 Å². The van der Waals surface area contributed by atoms with Crippen molar-refractivity contribution in [1.82, 2.24) is 15.3 Å². The Balaban J connectivity index is 1.29. The molecule has 4 aromatic rings. The number of aromatic nitrogens is 2. The van der Waals surface area contributed by atoms with Gasteiger partial charge in [-0.2, -0.15) is 0 Å². The van der Waals surface area contributed by atoms with Gasteiger partial charge in [-0.1, -0.05) is 30.3 Å². The Morgan fingerprint density at radius 1 is 1.06 bits per heavy atom. The van der Waals surface area contributed by atoms with Gasteiger partial charge >= 0.3 is 0 Å². The van der Waals surface area contributed by atoms with Crippen LogP contribution in [0.5, 0.6) is 0 Å². The summed E-state index contributed by atoms with van der Waals surface area (Å²) in [6.07, 6.45) is 5.23. The van der Waals surface area contributed by atoms with Crippen LogP contribution < -0.4 is 10.2 Å². The van der Waals surface area contributed by atoms with E-state index in [2.05, 4.69) is 44.8 Å². The number of nitrogens with one attached hydrogen (secondary N) is 1. The fourth-order valence-electron chi connectivity index (χ4n) is 4.15. The molecule has 0 bridgehead atoms. The third-order valence-electron chi connectivity index (χ3n) is 5.88. The third-order valence-corrected chi connectivity index (χ3v) is 6.81. The Kier molecular flexibility index (Phi) is 5.63. The predicted octanol–water partition coefficient (Wildman–Crippen LogP) is 4.89. The number of carbonyl (C=O) groups excluding carboxylic acids is 1. The van der Waals surface area contributed by atoms with E-state index in [0.717, 1.165) is 48.3 Å². The molecule has 1 N–H and O–H groups in total. The van der Waals surface area contributed by atoms with E-state index in [1.807, 2.05) is 30.3 Å². The molecule has 0 spiro atoms. The molecule has 1 amide bonds. The number of hydrogen-bond acceptors (Lipinski definition) is 5. The monoisotopic (exact) mass is 428 g/mol. The van der Waals surface area contributed by atoms with Gasteiger partial charge in [0.25, 0.3) is 0 Å². The van der Waals surface area contributed by atoms with Gasteiger partial charge in [0.15, 0.2) is 0 Å². The quantitative estimate of drug-likeness (QED) is 0.492. The molecule has 156 valence electrons. The number of thiophene rings is 1. The lowest BCUT2D eigenvalue weighted by molar-refractivity contribution is -0.125. The summed E-state index contributed by atoms with van der Waals surface area (Å²) < 4.78 is 1.22. The minimum absolute atomic E-state index is 0.0624.